The molecule has 45 heavy (non-hydrogen) atoms. The van der Waals surface area contributed by atoms with Gasteiger partial charge in [-0.25, -0.2) is 8.42 Å². The van der Waals surface area contributed by atoms with E-state index in [1.165, 1.54) is 22.5 Å². The van der Waals surface area contributed by atoms with E-state index < -0.39 is 33.6 Å². The van der Waals surface area contributed by atoms with Gasteiger partial charge in [-0.05, 0) is 92.5 Å². The number of piperidine rings is 2. The third-order valence-electron chi connectivity index (χ3n) is 8.64. The molecule has 2 saturated heterocycles. The molecular formula is C31H35F3N4O6S. The minimum Gasteiger partial charge on any atom is -0.406 e. The molecule has 2 aromatic carbocycles. The molecule has 1 spiro atoms. The Morgan fingerprint density at radius 1 is 1.11 bits per heavy atom. The molecular weight excluding hydrogens is 613 g/mol. The Bertz CT molecular complexity index is 1620. The number of nitrogens with zero attached hydrogens (tertiary/aromatic N) is 3. The maximum absolute atomic E-state index is 13.3. The molecule has 0 aliphatic carbocycles. The fraction of sp³-hybridized carbons (Fsp3) is 0.452. The summed E-state index contributed by atoms with van der Waals surface area (Å²) in [4.78, 5) is 32.3. The smallest absolute Gasteiger partial charge is 0.406 e. The number of aryl methyl sites for hydroxylation is 2. The average molecular weight is 649 g/mol. The number of carbonyl (C=O) groups is 2. The van der Waals surface area contributed by atoms with Gasteiger partial charge in [0, 0.05) is 49.3 Å². The molecule has 14 heteroatoms. The number of rotatable bonds is 7. The SMILES string of the molecule is Cc1cc(C(=O)N2CCC(CO)CC2)cc(C)c1C=CS(=O)(=O)N1CCC2(CC1)N=C(c1cccc(OC(F)(F)F)c1)NC2=O. The Morgan fingerprint density at radius 3 is 2.36 bits per heavy atom. The van der Waals surface area contributed by atoms with Gasteiger partial charge in [-0.15, -0.1) is 13.2 Å². The first-order valence-corrected chi connectivity index (χ1v) is 16.2. The zero-order valence-corrected chi connectivity index (χ0v) is 25.7. The van der Waals surface area contributed by atoms with Crippen LogP contribution in [0.4, 0.5) is 13.2 Å². The van der Waals surface area contributed by atoms with Gasteiger partial charge in [0.25, 0.3) is 11.8 Å². The van der Waals surface area contributed by atoms with Crippen LogP contribution in [0, 0.1) is 19.8 Å². The summed E-state index contributed by atoms with van der Waals surface area (Å²) >= 11 is 0. The molecule has 2 N–H and O–H groups in total. The first-order chi connectivity index (χ1) is 21.2. The number of aliphatic imine (C=N–C) groups is 1. The normalized spacial score (nSPS) is 19.6. The Balaban J connectivity index is 1.25. The second-order valence-electron chi connectivity index (χ2n) is 11.7. The third-order valence-corrected chi connectivity index (χ3v) is 10.2. The van der Waals surface area contributed by atoms with Crippen molar-refractivity contribution in [1.82, 2.24) is 14.5 Å². The number of aliphatic hydroxyl groups excluding tert-OH is 1. The van der Waals surface area contributed by atoms with E-state index in [-0.39, 0.29) is 55.8 Å². The van der Waals surface area contributed by atoms with Crippen molar-refractivity contribution in [2.75, 3.05) is 32.8 Å². The second-order valence-corrected chi connectivity index (χ2v) is 13.5. The number of halogens is 3. The van der Waals surface area contributed by atoms with Gasteiger partial charge in [-0.2, -0.15) is 4.31 Å². The summed E-state index contributed by atoms with van der Waals surface area (Å²) in [5, 5.41) is 13.1. The van der Waals surface area contributed by atoms with Crippen molar-refractivity contribution in [2.45, 2.75) is 51.4 Å². The van der Waals surface area contributed by atoms with Crippen molar-refractivity contribution in [1.29, 1.82) is 0 Å². The van der Waals surface area contributed by atoms with Gasteiger partial charge in [0.15, 0.2) is 0 Å². The lowest BCUT2D eigenvalue weighted by atomic mass is 9.89. The first-order valence-electron chi connectivity index (χ1n) is 14.7. The molecule has 0 atom stereocenters. The Morgan fingerprint density at radius 2 is 1.76 bits per heavy atom. The summed E-state index contributed by atoms with van der Waals surface area (Å²) in [6, 6.07) is 8.63. The zero-order chi connectivity index (χ0) is 32.6. The summed E-state index contributed by atoms with van der Waals surface area (Å²) in [5.74, 6) is -0.661. The number of amides is 2. The number of hydrogen-bond donors (Lipinski definition) is 2. The van der Waals surface area contributed by atoms with E-state index in [9.17, 15) is 36.3 Å². The van der Waals surface area contributed by atoms with E-state index >= 15 is 0 Å². The molecule has 2 amide bonds. The highest BCUT2D eigenvalue weighted by molar-refractivity contribution is 7.92. The van der Waals surface area contributed by atoms with Crippen LogP contribution in [0.15, 0.2) is 46.8 Å². The highest BCUT2D eigenvalue weighted by Crippen LogP contribution is 2.33. The summed E-state index contributed by atoms with van der Waals surface area (Å²) in [6.45, 7) is 4.96. The number of likely N-dealkylation sites (tertiary alicyclic amines) is 1. The molecule has 5 rings (SSSR count). The molecule has 0 saturated carbocycles. The van der Waals surface area contributed by atoms with Crippen LogP contribution in [0.5, 0.6) is 5.75 Å². The lowest BCUT2D eigenvalue weighted by Crippen LogP contribution is -2.50. The van der Waals surface area contributed by atoms with Crippen molar-refractivity contribution < 1.29 is 41.0 Å². The van der Waals surface area contributed by atoms with Crippen LogP contribution in [-0.2, 0) is 14.8 Å². The predicted molar refractivity (Wildman–Crippen MR) is 161 cm³/mol. The number of nitrogens with one attached hydrogen (secondary N) is 1. The maximum atomic E-state index is 13.3. The van der Waals surface area contributed by atoms with E-state index in [0.29, 0.717) is 24.2 Å². The van der Waals surface area contributed by atoms with Gasteiger partial charge >= 0.3 is 6.36 Å². The molecule has 0 radical (unpaired) electrons. The number of sulfonamides is 1. The van der Waals surface area contributed by atoms with Crippen LogP contribution in [0.2, 0.25) is 0 Å². The number of ether oxygens (including phenoxy) is 1. The minimum atomic E-state index is -4.87. The molecule has 0 aromatic heterocycles. The number of carbonyl (C=O) groups excluding carboxylic acids is 2. The van der Waals surface area contributed by atoms with Crippen LogP contribution in [-0.4, -0.2) is 85.1 Å². The molecule has 0 unspecified atom stereocenters. The van der Waals surface area contributed by atoms with Gasteiger partial charge in [-0.3, -0.25) is 14.6 Å². The molecule has 0 bridgehead atoms. The van der Waals surface area contributed by atoms with Gasteiger partial charge in [0.2, 0.25) is 10.0 Å². The van der Waals surface area contributed by atoms with E-state index in [0.717, 1.165) is 41.5 Å². The van der Waals surface area contributed by atoms with Crippen molar-refractivity contribution in [3.63, 3.8) is 0 Å². The average Bonchev–Trinajstić information content (AvgIpc) is 3.30. The monoisotopic (exact) mass is 648 g/mol. The minimum absolute atomic E-state index is 0.0203. The number of amidine groups is 1. The lowest BCUT2D eigenvalue weighted by molar-refractivity contribution is -0.274. The standard InChI is InChI=1S/C31H35F3N4O6S/c1-20-16-24(28(40)37-11-6-22(19-39)7-12-37)17-21(2)26(20)8-15-45(42,43)38-13-9-30(10-14-38)29(41)35-27(36-30)23-4-3-5-25(18-23)44-31(32,33)34/h3-5,8,15-18,22,39H,6-7,9-14,19H2,1-2H3,(H,35,36,41). The fourth-order valence-corrected chi connectivity index (χ4v) is 7.22. The Kier molecular flexibility index (Phi) is 9.11. The van der Waals surface area contributed by atoms with Crippen LogP contribution in [0.25, 0.3) is 6.08 Å². The van der Waals surface area contributed by atoms with E-state index in [1.54, 1.807) is 17.0 Å². The third kappa shape index (κ3) is 7.23. The topological polar surface area (TPSA) is 129 Å². The molecule has 3 aliphatic heterocycles. The number of alkyl halides is 3. The molecule has 10 nitrogen and oxygen atoms in total. The van der Waals surface area contributed by atoms with Crippen LogP contribution in [0.1, 0.15) is 58.3 Å². The van der Waals surface area contributed by atoms with Gasteiger partial charge < -0.3 is 20.1 Å². The number of hydrogen-bond acceptors (Lipinski definition) is 7. The summed E-state index contributed by atoms with van der Waals surface area (Å²) in [5.41, 5.74) is 1.73. The number of benzene rings is 2. The lowest BCUT2D eigenvalue weighted by Gasteiger charge is -2.34. The van der Waals surface area contributed by atoms with Crippen LogP contribution in [0.3, 0.4) is 0 Å². The van der Waals surface area contributed by atoms with Crippen molar-refractivity contribution in [3.8, 4) is 5.75 Å². The molecule has 2 aromatic rings. The van der Waals surface area contributed by atoms with Gasteiger partial charge in [0.05, 0.1) is 0 Å². The van der Waals surface area contributed by atoms with Crippen molar-refractivity contribution in [2.24, 2.45) is 10.9 Å². The summed E-state index contributed by atoms with van der Waals surface area (Å²) < 4.78 is 69.7. The summed E-state index contributed by atoms with van der Waals surface area (Å²) in [7, 11) is -3.86. The highest BCUT2D eigenvalue weighted by atomic mass is 32.2. The number of aliphatic hydroxyl groups is 1. The van der Waals surface area contributed by atoms with Crippen LogP contribution >= 0.6 is 0 Å². The molecule has 242 valence electrons. The van der Waals surface area contributed by atoms with Crippen molar-refractivity contribution >= 4 is 33.7 Å². The second kappa shape index (κ2) is 12.6. The Labute approximate surface area is 259 Å². The molecule has 3 heterocycles. The first kappa shape index (κ1) is 32.6. The largest absolute Gasteiger partial charge is 0.573 e. The molecule has 2 fully saturated rings. The quantitative estimate of drug-likeness (QED) is 0.471. The van der Waals surface area contributed by atoms with Crippen molar-refractivity contribution in [3.05, 3.63) is 69.6 Å². The maximum Gasteiger partial charge on any atom is 0.573 e. The van der Waals surface area contributed by atoms with E-state index in [1.807, 2.05) is 13.8 Å². The van der Waals surface area contributed by atoms with Crippen LogP contribution < -0.4 is 10.1 Å². The highest BCUT2D eigenvalue weighted by Gasteiger charge is 2.47. The fourth-order valence-electron chi connectivity index (χ4n) is 6.05. The van der Waals surface area contributed by atoms with E-state index in [4.69, 9.17) is 0 Å². The Hall–Kier alpha value is -3.75. The van der Waals surface area contributed by atoms with Gasteiger partial charge in [0.1, 0.15) is 17.1 Å². The summed E-state index contributed by atoms with van der Waals surface area (Å²) in [6.07, 6.45) is -1.66. The molecule has 3 aliphatic rings. The van der Waals surface area contributed by atoms with Gasteiger partial charge in [-0.1, -0.05) is 12.1 Å². The zero-order valence-electron chi connectivity index (χ0n) is 24.9. The predicted octanol–water partition coefficient (Wildman–Crippen LogP) is 3.76. The van der Waals surface area contributed by atoms with E-state index in [2.05, 4.69) is 15.0 Å².